The number of hydrogen-bond acceptors (Lipinski definition) is 3. The van der Waals surface area contributed by atoms with Gasteiger partial charge in [-0.05, 0) is 62.5 Å². The van der Waals surface area contributed by atoms with Gasteiger partial charge in [0, 0.05) is 6.54 Å². The summed E-state index contributed by atoms with van der Waals surface area (Å²) in [5, 5.41) is 0. The van der Waals surface area contributed by atoms with Gasteiger partial charge in [-0.3, -0.25) is 0 Å². The highest BCUT2D eigenvalue weighted by Gasteiger charge is 2.14. The van der Waals surface area contributed by atoms with Gasteiger partial charge in [-0.1, -0.05) is 32.4 Å². The zero-order valence-corrected chi connectivity index (χ0v) is 14.5. The van der Waals surface area contributed by atoms with E-state index in [0.717, 1.165) is 31.6 Å². The zero-order chi connectivity index (χ0) is 16.0. The van der Waals surface area contributed by atoms with Gasteiger partial charge in [-0.25, -0.2) is 13.1 Å². The molecule has 1 heterocycles. The molecule has 1 N–H and O–H groups in total. The molecule has 1 aliphatic heterocycles. The molecule has 5 heteroatoms. The molecule has 0 unspecified atom stereocenters. The molecule has 22 heavy (non-hydrogen) atoms. The lowest BCUT2D eigenvalue weighted by molar-refractivity contribution is 0.227. The fraction of sp³-hybridized carbons (Fsp3) is 0.647. The molecule has 0 aromatic heterocycles. The van der Waals surface area contributed by atoms with E-state index in [1.807, 2.05) is 12.1 Å². The highest BCUT2D eigenvalue weighted by atomic mass is 32.2. The Hall–Kier alpha value is -0.910. The van der Waals surface area contributed by atoms with Gasteiger partial charge in [0.1, 0.15) is 0 Å². The molecule has 0 spiro atoms. The maximum absolute atomic E-state index is 12.2. The molecule has 0 amide bonds. The average molecular weight is 324 g/mol. The number of benzene rings is 1. The maximum atomic E-state index is 12.2. The lowest BCUT2D eigenvalue weighted by Gasteiger charge is -2.26. The van der Waals surface area contributed by atoms with Crippen molar-refractivity contribution in [1.29, 1.82) is 0 Å². The average Bonchev–Trinajstić information content (AvgIpc) is 2.53. The normalized spacial score (nSPS) is 17.0. The van der Waals surface area contributed by atoms with Crippen LogP contribution in [0.3, 0.4) is 0 Å². The molecule has 2 rings (SSSR count). The molecule has 0 radical (unpaired) electrons. The fourth-order valence-corrected chi connectivity index (χ4v) is 3.88. The minimum atomic E-state index is -3.37. The minimum absolute atomic E-state index is 0.356. The van der Waals surface area contributed by atoms with E-state index in [-0.39, 0.29) is 0 Å². The van der Waals surface area contributed by atoms with Crippen LogP contribution in [0.1, 0.15) is 51.0 Å². The summed E-state index contributed by atoms with van der Waals surface area (Å²) in [5.74, 6) is 0.411. The topological polar surface area (TPSA) is 49.4 Å². The molecule has 1 aromatic carbocycles. The van der Waals surface area contributed by atoms with Crippen LogP contribution >= 0.6 is 0 Å². The summed E-state index contributed by atoms with van der Waals surface area (Å²) in [6.07, 6.45) is 4.74. The quantitative estimate of drug-likeness (QED) is 0.785. The fourth-order valence-electron chi connectivity index (χ4n) is 2.81. The van der Waals surface area contributed by atoms with Gasteiger partial charge in [0.05, 0.1) is 4.90 Å². The number of likely N-dealkylation sites (tertiary alicyclic amines) is 1. The van der Waals surface area contributed by atoms with Crippen molar-refractivity contribution in [2.24, 2.45) is 0 Å². The smallest absolute Gasteiger partial charge is 0.240 e. The summed E-state index contributed by atoms with van der Waals surface area (Å²) in [5.41, 5.74) is 1.16. The second kappa shape index (κ2) is 8.09. The van der Waals surface area contributed by atoms with E-state index in [2.05, 4.69) is 23.5 Å². The van der Waals surface area contributed by atoms with Crippen LogP contribution in [0.25, 0.3) is 0 Å². The first-order valence-electron chi connectivity index (χ1n) is 8.31. The van der Waals surface area contributed by atoms with Crippen molar-refractivity contribution >= 4 is 10.0 Å². The Morgan fingerprint density at radius 3 is 2.32 bits per heavy atom. The molecule has 4 nitrogen and oxygen atoms in total. The SMILES string of the molecule is CC(C)c1ccc(S(=O)(=O)NCCCN2CCCCC2)cc1. The van der Waals surface area contributed by atoms with E-state index < -0.39 is 10.0 Å². The monoisotopic (exact) mass is 324 g/mol. The molecular formula is C17H28N2O2S. The van der Waals surface area contributed by atoms with E-state index in [4.69, 9.17) is 0 Å². The van der Waals surface area contributed by atoms with Crippen molar-refractivity contribution < 1.29 is 8.42 Å². The maximum Gasteiger partial charge on any atom is 0.240 e. The first-order valence-corrected chi connectivity index (χ1v) is 9.79. The van der Waals surface area contributed by atoms with Crippen molar-refractivity contribution in [2.75, 3.05) is 26.2 Å². The number of nitrogens with one attached hydrogen (secondary N) is 1. The summed E-state index contributed by atoms with van der Waals surface area (Å²) >= 11 is 0. The summed E-state index contributed by atoms with van der Waals surface area (Å²) in [7, 11) is -3.37. The van der Waals surface area contributed by atoms with Crippen molar-refractivity contribution in [3.05, 3.63) is 29.8 Å². The largest absolute Gasteiger partial charge is 0.303 e. The van der Waals surface area contributed by atoms with E-state index in [1.165, 1.54) is 19.3 Å². The van der Waals surface area contributed by atoms with E-state index >= 15 is 0 Å². The second-order valence-corrected chi connectivity index (χ2v) is 8.14. The highest BCUT2D eigenvalue weighted by molar-refractivity contribution is 7.89. The molecule has 1 fully saturated rings. The molecule has 0 bridgehead atoms. The first-order chi connectivity index (χ1) is 10.5. The van der Waals surface area contributed by atoms with E-state index in [0.29, 0.717) is 17.4 Å². The molecule has 0 saturated carbocycles. The Labute approximate surface area is 135 Å². The van der Waals surface area contributed by atoms with Crippen molar-refractivity contribution in [3.63, 3.8) is 0 Å². The van der Waals surface area contributed by atoms with Crippen molar-refractivity contribution in [2.45, 2.75) is 50.3 Å². The molecule has 1 saturated heterocycles. The third-order valence-electron chi connectivity index (χ3n) is 4.25. The Balaban J connectivity index is 1.80. The van der Waals surface area contributed by atoms with Gasteiger partial charge < -0.3 is 4.90 Å². The van der Waals surface area contributed by atoms with E-state index in [9.17, 15) is 8.42 Å². The third-order valence-corrected chi connectivity index (χ3v) is 5.73. The molecule has 0 aliphatic carbocycles. The molecule has 124 valence electrons. The van der Waals surface area contributed by atoms with Crippen LogP contribution in [-0.2, 0) is 10.0 Å². The summed E-state index contributed by atoms with van der Waals surface area (Å²) in [6.45, 7) is 8.00. The van der Waals surface area contributed by atoms with Crippen LogP contribution in [0.4, 0.5) is 0 Å². The van der Waals surface area contributed by atoms with Crippen LogP contribution in [0.5, 0.6) is 0 Å². The third kappa shape index (κ3) is 5.07. The Morgan fingerprint density at radius 1 is 1.09 bits per heavy atom. The molecule has 1 aliphatic rings. The highest BCUT2D eigenvalue weighted by Crippen LogP contribution is 2.17. The van der Waals surface area contributed by atoms with Crippen molar-refractivity contribution in [1.82, 2.24) is 9.62 Å². The lowest BCUT2D eigenvalue weighted by Crippen LogP contribution is -2.33. The number of nitrogens with zero attached hydrogens (tertiary/aromatic N) is 1. The van der Waals surface area contributed by atoms with Crippen LogP contribution in [-0.4, -0.2) is 39.5 Å². The van der Waals surface area contributed by atoms with Gasteiger partial charge in [-0.2, -0.15) is 0 Å². The predicted molar refractivity (Wildman–Crippen MR) is 90.6 cm³/mol. The predicted octanol–water partition coefficient (Wildman–Crippen LogP) is 2.96. The summed E-state index contributed by atoms with van der Waals surface area (Å²) in [6, 6.07) is 7.19. The minimum Gasteiger partial charge on any atom is -0.303 e. The molecular weight excluding hydrogens is 296 g/mol. The van der Waals surface area contributed by atoms with Gasteiger partial charge in [0.2, 0.25) is 10.0 Å². The molecule has 0 atom stereocenters. The van der Waals surface area contributed by atoms with Crippen LogP contribution < -0.4 is 4.72 Å². The number of piperidine rings is 1. The zero-order valence-electron chi connectivity index (χ0n) is 13.7. The van der Waals surface area contributed by atoms with Gasteiger partial charge >= 0.3 is 0 Å². The van der Waals surface area contributed by atoms with Gasteiger partial charge in [0.15, 0.2) is 0 Å². The number of rotatable bonds is 7. The lowest BCUT2D eigenvalue weighted by atomic mass is 10.0. The summed E-state index contributed by atoms with van der Waals surface area (Å²) < 4.78 is 27.2. The Bertz CT molecular complexity index is 547. The number of hydrogen-bond donors (Lipinski definition) is 1. The van der Waals surface area contributed by atoms with Crippen LogP contribution in [0.15, 0.2) is 29.2 Å². The Morgan fingerprint density at radius 2 is 1.73 bits per heavy atom. The van der Waals surface area contributed by atoms with E-state index in [1.54, 1.807) is 12.1 Å². The van der Waals surface area contributed by atoms with Gasteiger partial charge in [0.25, 0.3) is 0 Å². The van der Waals surface area contributed by atoms with Gasteiger partial charge in [-0.15, -0.1) is 0 Å². The first kappa shape index (κ1) is 17.4. The number of sulfonamides is 1. The standard InChI is InChI=1S/C17H28N2O2S/c1-15(2)16-7-9-17(10-8-16)22(20,21)18-11-6-14-19-12-4-3-5-13-19/h7-10,15,18H,3-6,11-14H2,1-2H3. The van der Waals surface area contributed by atoms with Crippen molar-refractivity contribution in [3.8, 4) is 0 Å². The second-order valence-electron chi connectivity index (χ2n) is 6.38. The van der Waals surface area contributed by atoms with Crippen LogP contribution in [0, 0.1) is 0 Å². The van der Waals surface area contributed by atoms with Crippen LogP contribution in [0.2, 0.25) is 0 Å². The molecule has 1 aromatic rings. The Kier molecular flexibility index (Phi) is 6.41. The summed E-state index contributed by atoms with van der Waals surface area (Å²) in [4.78, 5) is 2.78.